The summed E-state index contributed by atoms with van der Waals surface area (Å²) in [5.41, 5.74) is 13.6. The van der Waals surface area contributed by atoms with Gasteiger partial charge < -0.3 is 44.2 Å². The van der Waals surface area contributed by atoms with Gasteiger partial charge in [-0.3, -0.25) is 4.79 Å². The zero-order valence-corrected chi connectivity index (χ0v) is 75.4. The highest BCUT2D eigenvalue weighted by atomic mass is 16.5. The Kier molecular flexibility index (Phi) is 28.1. The summed E-state index contributed by atoms with van der Waals surface area (Å²) >= 11 is 0. The molecule has 0 aliphatic rings. The van der Waals surface area contributed by atoms with E-state index in [2.05, 4.69) is 199 Å². The second kappa shape index (κ2) is 43.3. The normalized spacial score (nSPS) is 10.9. The Morgan fingerprint density at radius 3 is 0.538 bits per heavy atom. The van der Waals surface area contributed by atoms with E-state index in [0.717, 1.165) is 45.2 Å². The van der Waals surface area contributed by atoms with Crippen molar-refractivity contribution in [1.82, 2.24) is 199 Å². The van der Waals surface area contributed by atoms with Gasteiger partial charge in [0.2, 0.25) is 122 Å². The quantitative estimate of drug-likeness (QED) is 0.0292. The van der Waals surface area contributed by atoms with Crippen LogP contribution >= 0.6 is 0 Å². The van der Waals surface area contributed by atoms with Gasteiger partial charge in [0.05, 0.1) is 7.11 Å². The van der Waals surface area contributed by atoms with Crippen LogP contribution in [0.1, 0.15) is 27.0 Å². The molecule has 0 saturated carbocycles. The molecular weight excluding hydrogens is 1850 g/mol. The molecule has 49 nitrogen and oxygen atoms in total. The third kappa shape index (κ3) is 22.6. The number of carbonyl (C=O) groups excluding carboxylic acids is 1. The summed E-state index contributed by atoms with van der Waals surface area (Å²) < 4.78 is 15.1. The lowest BCUT2D eigenvalue weighted by molar-refractivity contribution is 0.112. The lowest BCUT2D eigenvalue weighted by Crippen LogP contribution is -2.29. The number of aromatic nitrogens is 39. The van der Waals surface area contributed by atoms with Crippen molar-refractivity contribution >= 4 is 46.8 Å². The third-order valence-electron chi connectivity index (χ3n) is 21.1. The molecule has 0 atom stereocenters. The van der Waals surface area contributed by atoms with E-state index < -0.39 is 14.2 Å². The molecule has 0 spiro atoms. The smallest absolute Gasteiger partial charge is 0.537 e. The van der Waals surface area contributed by atoms with Crippen molar-refractivity contribution in [2.45, 2.75) is 20.8 Å². The van der Waals surface area contributed by atoms with E-state index in [4.69, 9.17) is 24.1 Å². The van der Waals surface area contributed by atoms with Crippen molar-refractivity contribution in [3.63, 3.8) is 0 Å². The number of aryl methyl sites for hydroxylation is 3. The highest BCUT2D eigenvalue weighted by Crippen LogP contribution is 2.34. The number of ether oxygens (including phenoxy) is 1. The van der Waals surface area contributed by atoms with Crippen molar-refractivity contribution < 1.29 is 49.0 Å². The average molecular weight is 1920 g/mol. The van der Waals surface area contributed by atoms with E-state index >= 15 is 0 Å². The molecule has 53 heteroatoms. The Balaban J connectivity index is 0.000000137. The van der Waals surface area contributed by atoms with Gasteiger partial charge in [-0.05, 0) is 141 Å². The fourth-order valence-corrected chi connectivity index (χ4v) is 13.4. The maximum Gasteiger partial charge on any atom is 0.569 e. The second-order valence-electron chi connectivity index (χ2n) is 30.9. The molecule has 0 unspecified atom stereocenters. The first-order chi connectivity index (χ1) is 70.9. The molecule has 0 saturated heterocycles. The van der Waals surface area contributed by atoms with Crippen LogP contribution in [0.5, 0.6) is 17.2 Å². The number of methoxy groups -OCH3 is 1. The first kappa shape index (κ1) is 94.0. The van der Waals surface area contributed by atoms with Crippen molar-refractivity contribution in [2.24, 2.45) is 0 Å². The fourth-order valence-electron chi connectivity index (χ4n) is 13.4. The van der Waals surface area contributed by atoms with Gasteiger partial charge in [0.1, 0.15) is 23.5 Å². The van der Waals surface area contributed by atoms with Crippen molar-refractivity contribution in [3.8, 4) is 223 Å². The predicted octanol–water partition coefficient (Wildman–Crippen LogP) is 5.39. The number of nitrogens with zero attached hydrogens (tertiary/aromatic N) is 39. The Morgan fingerprint density at radius 1 is 0.207 bits per heavy atom. The molecule has 10 heterocycles. The zero-order valence-electron chi connectivity index (χ0n) is 75.4. The molecule has 696 valence electrons. The second-order valence-corrected chi connectivity index (χ2v) is 30.9. The lowest BCUT2D eigenvalue weighted by Gasteiger charge is -2.08. The fraction of sp³-hybridized carbons (Fsp3) is 0.0435. The summed E-state index contributed by atoms with van der Waals surface area (Å²) in [7, 11) is -0.436. The van der Waals surface area contributed by atoms with E-state index in [-0.39, 0.29) is 93.2 Å². The molecule has 0 amide bonds. The SMILES string of the molecule is COc1ccc(-c2nnc(-c3cc(-c4nnc(-c5ccc(C)cc5)nn4)cc(-c4nnc(-c5ccc(C=O)cc5)nn4)c3)nn2)cc1.Cc1ccc(-c2nnc(-c3cc(-c4nnc(-c5ccc(O[B]O)cc5)nn4)cc(-c4nnc(-c5ccc(B(O)O)cc5)nn4)c3)nn2)cc1.Cc1ccc(-c2nnc(-c3nc(-c4nnc(-c5ccc(O[B]O)cc5)nn4)nc(-c4nnc(-c5ccc(B(O)O)cc5)nn4)n3)nn2)cc1. The van der Waals surface area contributed by atoms with Gasteiger partial charge in [0.25, 0.3) is 0 Å². The molecule has 6 N–H and O–H groups in total. The minimum atomic E-state index is -1.61. The summed E-state index contributed by atoms with van der Waals surface area (Å²) in [5.74, 6) is 5.14. The van der Waals surface area contributed by atoms with Gasteiger partial charge >= 0.3 is 29.6 Å². The Morgan fingerprint density at radius 2 is 0.366 bits per heavy atom. The Bertz CT molecular complexity index is 7760. The molecule has 10 aromatic heterocycles. The largest absolute Gasteiger partial charge is 0.569 e. The topological polar surface area (TPSA) is 669 Å². The first-order valence-electron chi connectivity index (χ1n) is 43.0. The molecule has 2 radical (unpaired) electrons. The Hall–Kier alpha value is -20.0. The van der Waals surface area contributed by atoms with E-state index in [1.54, 1.807) is 153 Å². The van der Waals surface area contributed by atoms with Crippen LogP contribution in [0.4, 0.5) is 0 Å². The van der Waals surface area contributed by atoms with Gasteiger partial charge in [-0.1, -0.05) is 162 Å². The molecule has 21 aromatic rings. The summed E-state index contributed by atoms with van der Waals surface area (Å²) in [6.45, 7) is 5.97. The highest BCUT2D eigenvalue weighted by molar-refractivity contribution is 6.59. The van der Waals surface area contributed by atoms with Crippen LogP contribution in [-0.2, 0) is 0 Å². The van der Waals surface area contributed by atoms with Gasteiger partial charge in [-0.15, -0.1) is 184 Å². The van der Waals surface area contributed by atoms with Crippen molar-refractivity contribution in [3.05, 3.63) is 277 Å². The molecule has 0 fully saturated rings. The van der Waals surface area contributed by atoms with E-state index in [0.29, 0.717) is 139 Å². The number of hydrogen-bond acceptors (Lipinski definition) is 49. The number of carbonyl (C=O) groups is 1. The van der Waals surface area contributed by atoms with Gasteiger partial charge in [-0.2, -0.15) is 0 Å². The minimum Gasteiger partial charge on any atom is -0.537 e. The van der Waals surface area contributed by atoms with Crippen LogP contribution < -0.4 is 25.0 Å². The van der Waals surface area contributed by atoms with Crippen LogP contribution in [0.15, 0.2) is 255 Å². The van der Waals surface area contributed by atoms with Gasteiger partial charge in [-0.25, -0.2) is 15.0 Å². The maximum atomic E-state index is 11.0. The molecular formula is C92H61B4N39O10. The number of benzene rings is 11. The standard InChI is InChI=1S/C33H22N12O2.C31H21B2N12O4.C28H18B2N15O4/c1-19-3-7-21(8-4-19)28-34-40-31(41-35-28)24-15-25(32-42-36-29(37-43-32)22-9-5-20(18-46)6-10-22)17-26(16-24)33-44-38-30(39-45-33)23-11-13-27(47-2)14-12-23;1-17-2-4-18(5-3-17)26-34-40-29(41-35-26)21-14-22(30-42-36-27(37-43-30)19-6-10-24(11-7-19)33(47)48)16-23(15-21)31-44-38-28(39-45-31)20-8-12-25(13-9-20)49-32-46;1-14-2-4-15(5-3-14)20-34-40-26(41-35-20)23-31-24(27-42-36-21(37-43-27)16-6-10-18(11-7-16)30(47)48)33-25(32-23)28-44-38-22(39-45-28)17-8-12-19(13-9-17)49-29-46/h3-18H,1-2H3;2-16,46-48H,1H3;2-13,46-48H,1H3. The molecule has 21 rings (SSSR count). The number of hydrogen-bond donors (Lipinski definition) is 6. The van der Waals surface area contributed by atoms with Crippen LogP contribution in [-0.4, -0.2) is 272 Å². The predicted molar refractivity (Wildman–Crippen MR) is 514 cm³/mol. The van der Waals surface area contributed by atoms with Gasteiger partial charge in [0, 0.05) is 89.0 Å². The van der Waals surface area contributed by atoms with Crippen LogP contribution in [0.25, 0.3) is 206 Å². The summed E-state index contributed by atoms with van der Waals surface area (Å²) in [5, 5.41) is 208. The van der Waals surface area contributed by atoms with Crippen LogP contribution in [0.3, 0.4) is 0 Å². The minimum absolute atomic E-state index is 0.0376. The van der Waals surface area contributed by atoms with Crippen LogP contribution in [0.2, 0.25) is 0 Å². The maximum absolute atomic E-state index is 11.0. The summed E-state index contributed by atoms with van der Waals surface area (Å²) in [4.78, 5) is 24.3. The first-order valence-corrected chi connectivity index (χ1v) is 43.0. The number of aldehydes is 1. The van der Waals surface area contributed by atoms with Crippen molar-refractivity contribution in [2.75, 3.05) is 7.11 Å². The van der Waals surface area contributed by atoms with E-state index in [1.807, 2.05) is 118 Å². The molecule has 145 heavy (non-hydrogen) atoms. The van der Waals surface area contributed by atoms with E-state index in [1.165, 1.54) is 12.1 Å². The summed E-state index contributed by atoms with van der Waals surface area (Å²) in [6.07, 6.45) is 0.765. The van der Waals surface area contributed by atoms with Crippen molar-refractivity contribution in [1.29, 1.82) is 0 Å². The molecule has 0 aliphatic carbocycles. The summed E-state index contributed by atoms with van der Waals surface area (Å²) in [6, 6.07) is 73.5. The molecule has 0 aliphatic heterocycles. The molecule has 11 aromatic carbocycles. The number of rotatable bonds is 26. The Labute approximate surface area is 818 Å². The van der Waals surface area contributed by atoms with Gasteiger partial charge in [0.15, 0.2) is 0 Å². The third-order valence-corrected chi connectivity index (χ3v) is 21.1. The molecule has 0 bridgehead atoms. The highest BCUT2D eigenvalue weighted by Gasteiger charge is 2.25. The monoisotopic (exact) mass is 1920 g/mol. The van der Waals surface area contributed by atoms with E-state index in [9.17, 15) is 24.9 Å². The lowest BCUT2D eigenvalue weighted by atomic mass is 9.80. The van der Waals surface area contributed by atoms with Crippen LogP contribution in [0, 0.1) is 20.8 Å². The zero-order chi connectivity index (χ0) is 99.7. The average Bonchev–Trinajstić information content (AvgIpc) is 0.794.